The van der Waals surface area contributed by atoms with Gasteiger partial charge in [0.25, 0.3) is 0 Å². The van der Waals surface area contributed by atoms with E-state index in [9.17, 15) is 0 Å². The number of benzene rings is 1. The fourth-order valence-electron chi connectivity index (χ4n) is 1.85. The largest absolute Gasteiger partial charge is 0.465 e. The van der Waals surface area contributed by atoms with Crippen molar-refractivity contribution in [2.24, 2.45) is 0 Å². The predicted molar refractivity (Wildman–Crippen MR) is 60.1 cm³/mol. The number of hydrogen-bond donors (Lipinski definition) is 0. The zero-order chi connectivity index (χ0) is 10.7. The molecule has 0 bridgehead atoms. The molecule has 1 aromatic carbocycles. The van der Waals surface area contributed by atoms with Crippen LogP contribution >= 0.6 is 0 Å². The van der Waals surface area contributed by atoms with Gasteiger partial charge in [-0.15, -0.1) is 0 Å². The average Bonchev–Trinajstić information content (AvgIpc) is 2.71. The second kappa shape index (κ2) is 4.67. The Kier molecular flexibility index (Phi) is 3.27. The zero-order valence-electron chi connectivity index (χ0n) is 9.40. The van der Waals surface area contributed by atoms with Crippen LogP contribution in [-0.4, -0.2) is 12.9 Å². The van der Waals surface area contributed by atoms with Gasteiger partial charge in [0.15, 0.2) is 6.29 Å². The minimum absolute atomic E-state index is 0.0371. The van der Waals surface area contributed by atoms with E-state index >= 15 is 0 Å². The molecule has 0 N–H and O–H groups in total. The summed E-state index contributed by atoms with van der Waals surface area (Å²) in [4.78, 5) is 0. The smallest absolute Gasteiger partial charge is 0.199 e. The molecule has 1 heterocycles. The molecule has 1 saturated heterocycles. The number of para-hydroxylation sites is 1. The molecule has 2 rings (SSSR count). The lowest BCUT2D eigenvalue weighted by Gasteiger charge is -2.17. The second-order valence-electron chi connectivity index (χ2n) is 4.25. The highest BCUT2D eigenvalue weighted by Gasteiger charge is 2.18. The lowest BCUT2D eigenvalue weighted by Crippen LogP contribution is -2.15. The van der Waals surface area contributed by atoms with Gasteiger partial charge in [-0.1, -0.05) is 32.0 Å². The maximum absolute atomic E-state index is 5.85. The van der Waals surface area contributed by atoms with Gasteiger partial charge >= 0.3 is 0 Å². The van der Waals surface area contributed by atoms with E-state index in [1.807, 2.05) is 12.1 Å². The van der Waals surface area contributed by atoms with Crippen LogP contribution in [0.4, 0.5) is 0 Å². The normalized spacial score (nSPS) is 20.9. The maximum atomic E-state index is 5.85. The number of hydrogen-bond acceptors (Lipinski definition) is 2. The maximum Gasteiger partial charge on any atom is 0.199 e. The van der Waals surface area contributed by atoms with Crippen molar-refractivity contribution in [3.8, 4) is 5.75 Å². The van der Waals surface area contributed by atoms with E-state index in [4.69, 9.17) is 9.47 Å². The lowest BCUT2D eigenvalue weighted by molar-refractivity contribution is -0.0396. The van der Waals surface area contributed by atoms with Crippen molar-refractivity contribution in [2.45, 2.75) is 38.9 Å². The minimum atomic E-state index is -0.0371. The molecule has 0 aliphatic carbocycles. The SMILES string of the molecule is CC(C)c1ccccc1OC1CCCO1. The molecule has 2 nitrogen and oxygen atoms in total. The summed E-state index contributed by atoms with van der Waals surface area (Å²) >= 11 is 0. The van der Waals surface area contributed by atoms with Crippen molar-refractivity contribution < 1.29 is 9.47 Å². The molecule has 1 atom stereocenters. The Morgan fingerprint density at radius 3 is 2.80 bits per heavy atom. The molecule has 15 heavy (non-hydrogen) atoms. The van der Waals surface area contributed by atoms with E-state index in [2.05, 4.69) is 26.0 Å². The first-order valence-electron chi connectivity index (χ1n) is 5.64. The first-order chi connectivity index (χ1) is 7.27. The quantitative estimate of drug-likeness (QED) is 0.755. The molecule has 82 valence electrons. The summed E-state index contributed by atoms with van der Waals surface area (Å²) in [5.74, 6) is 1.46. The van der Waals surface area contributed by atoms with E-state index in [1.165, 1.54) is 5.56 Å². The first kappa shape index (κ1) is 10.5. The van der Waals surface area contributed by atoms with Crippen molar-refractivity contribution >= 4 is 0 Å². The van der Waals surface area contributed by atoms with Crippen LogP contribution in [-0.2, 0) is 4.74 Å². The minimum Gasteiger partial charge on any atom is -0.465 e. The van der Waals surface area contributed by atoms with E-state index in [0.29, 0.717) is 5.92 Å². The monoisotopic (exact) mass is 206 g/mol. The molecule has 0 aromatic heterocycles. The third kappa shape index (κ3) is 2.51. The molecule has 2 heteroatoms. The summed E-state index contributed by atoms with van der Waals surface area (Å²) in [6.45, 7) is 5.18. The van der Waals surface area contributed by atoms with Crippen LogP contribution in [0, 0.1) is 0 Å². The summed E-state index contributed by atoms with van der Waals surface area (Å²) in [6, 6.07) is 8.21. The highest BCUT2D eigenvalue weighted by atomic mass is 16.7. The molecular formula is C13H18O2. The van der Waals surface area contributed by atoms with Crippen LogP contribution in [0.3, 0.4) is 0 Å². The first-order valence-corrected chi connectivity index (χ1v) is 5.64. The summed E-state index contributed by atoms with van der Waals surface area (Å²) in [7, 11) is 0. The van der Waals surface area contributed by atoms with Crippen LogP contribution in [0.15, 0.2) is 24.3 Å². The molecule has 0 amide bonds. The molecule has 1 aliphatic rings. The van der Waals surface area contributed by atoms with Crippen LogP contribution in [0.25, 0.3) is 0 Å². The van der Waals surface area contributed by atoms with Crippen molar-refractivity contribution in [2.75, 3.05) is 6.61 Å². The fourth-order valence-corrected chi connectivity index (χ4v) is 1.85. The van der Waals surface area contributed by atoms with Gasteiger partial charge in [-0.3, -0.25) is 0 Å². The van der Waals surface area contributed by atoms with Gasteiger partial charge in [-0.25, -0.2) is 0 Å². The summed E-state index contributed by atoms with van der Waals surface area (Å²) < 4.78 is 11.3. The van der Waals surface area contributed by atoms with Gasteiger partial charge in [-0.05, 0) is 24.0 Å². The van der Waals surface area contributed by atoms with Crippen LogP contribution in [0.1, 0.15) is 38.2 Å². The van der Waals surface area contributed by atoms with Gasteiger partial charge in [0.1, 0.15) is 5.75 Å². The molecule has 0 spiro atoms. The van der Waals surface area contributed by atoms with Crippen molar-refractivity contribution in [1.29, 1.82) is 0 Å². The van der Waals surface area contributed by atoms with Gasteiger partial charge in [0.05, 0.1) is 6.61 Å². The van der Waals surface area contributed by atoms with Crippen molar-refractivity contribution in [3.05, 3.63) is 29.8 Å². The highest BCUT2D eigenvalue weighted by Crippen LogP contribution is 2.28. The van der Waals surface area contributed by atoms with Crippen molar-refractivity contribution in [3.63, 3.8) is 0 Å². The topological polar surface area (TPSA) is 18.5 Å². The molecule has 0 saturated carbocycles. The molecule has 1 aromatic rings. The van der Waals surface area contributed by atoms with Gasteiger partial charge in [-0.2, -0.15) is 0 Å². The lowest BCUT2D eigenvalue weighted by atomic mass is 10.0. The molecule has 1 fully saturated rings. The van der Waals surface area contributed by atoms with E-state index in [0.717, 1.165) is 25.2 Å². The Hall–Kier alpha value is -1.02. The van der Waals surface area contributed by atoms with Crippen molar-refractivity contribution in [1.82, 2.24) is 0 Å². The van der Waals surface area contributed by atoms with Gasteiger partial charge in [0, 0.05) is 6.42 Å². The zero-order valence-corrected chi connectivity index (χ0v) is 9.40. The fraction of sp³-hybridized carbons (Fsp3) is 0.538. The van der Waals surface area contributed by atoms with E-state index < -0.39 is 0 Å². The molecular weight excluding hydrogens is 188 g/mol. The predicted octanol–water partition coefficient (Wildman–Crippen LogP) is 3.33. The summed E-state index contributed by atoms with van der Waals surface area (Å²) in [5.41, 5.74) is 1.26. The Bertz CT molecular complexity index is 314. The van der Waals surface area contributed by atoms with Crippen LogP contribution in [0.2, 0.25) is 0 Å². The standard InChI is InChI=1S/C13H18O2/c1-10(2)11-6-3-4-7-12(11)15-13-8-5-9-14-13/h3-4,6-7,10,13H,5,8-9H2,1-2H3. The highest BCUT2D eigenvalue weighted by molar-refractivity contribution is 5.35. The molecule has 1 unspecified atom stereocenters. The Morgan fingerprint density at radius 2 is 2.13 bits per heavy atom. The third-order valence-corrected chi connectivity index (χ3v) is 2.69. The van der Waals surface area contributed by atoms with Gasteiger partial charge < -0.3 is 9.47 Å². The van der Waals surface area contributed by atoms with Crippen LogP contribution in [0.5, 0.6) is 5.75 Å². The second-order valence-corrected chi connectivity index (χ2v) is 4.25. The Balaban J connectivity index is 2.12. The summed E-state index contributed by atoms with van der Waals surface area (Å²) in [6.07, 6.45) is 2.07. The third-order valence-electron chi connectivity index (χ3n) is 2.69. The summed E-state index contributed by atoms with van der Waals surface area (Å²) in [5, 5.41) is 0. The van der Waals surface area contributed by atoms with Crippen LogP contribution < -0.4 is 4.74 Å². The number of ether oxygens (including phenoxy) is 2. The average molecular weight is 206 g/mol. The Morgan fingerprint density at radius 1 is 1.33 bits per heavy atom. The van der Waals surface area contributed by atoms with E-state index in [1.54, 1.807) is 0 Å². The number of rotatable bonds is 3. The van der Waals surface area contributed by atoms with E-state index in [-0.39, 0.29) is 6.29 Å². The molecule has 1 aliphatic heterocycles. The van der Waals surface area contributed by atoms with Gasteiger partial charge in [0.2, 0.25) is 0 Å². The Labute approximate surface area is 91.2 Å². The molecule has 0 radical (unpaired) electrons.